The van der Waals surface area contributed by atoms with Crippen LogP contribution in [0.15, 0.2) is 18.5 Å². The number of aromatic nitrogens is 3. The fourth-order valence-electron chi connectivity index (χ4n) is 4.27. The van der Waals surface area contributed by atoms with E-state index < -0.39 is 0 Å². The Morgan fingerprint density at radius 3 is 3.11 bits per heavy atom. The molecule has 1 atom stereocenters. The molecule has 4 rings (SSSR count). The van der Waals surface area contributed by atoms with E-state index in [0.29, 0.717) is 25.4 Å². The summed E-state index contributed by atoms with van der Waals surface area (Å²) in [6.07, 6.45) is 7.31. The first-order chi connectivity index (χ1) is 13.7. The van der Waals surface area contributed by atoms with Crippen molar-refractivity contribution in [1.29, 1.82) is 0 Å². The molecule has 1 saturated heterocycles. The number of pyridine rings is 1. The van der Waals surface area contributed by atoms with Crippen LogP contribution in [0.25, 0.3) is 0 Å². The van der Waals surface area contributed by atoms with Crippen molar-refractivity contribution < 1.29 is 14.3 Å². The van der Waals surface area contributed by atoms with E-state index in [1.165, 1.54) is 5.69 Å². The number of carbonyl (C=O) groups is 1. The average molecular weight is 384 g/mol. The van der Waals surface area contributed by atoms with E-state index in [4.69, 9.17) is 14.6 Å². The molecule has 4 heterocycles. The summed E-state index contributed by atoms with van der Waals surface area (Å²) in [4.78, 5) is 19.5. The van der Waals surface area contributed by atoms with Crippen molar-refractivity contribution in [3.05, 3.63) is 46.5 Å². The summed E-state index contributed by atoms with van der Waals surface area (Å²) in [6.45, 7) is 5.34. The van der Waals surface area contributed by atoms with Crippen LogP contribution < -0.4 is 0 Å². The van der Waals surface area contributed by atoms with Gasteiger partial charge < -0.3 is 14.4 Å². The normalized spacial score (nSPS) is 19.5. The number of ether oxygens (including phenoxy) is 2. The zero-order chi connectivity index (χ0) is 19.5. The second kappa shape index (κ2) is 8.41. The van der Waals surface area contributed by atoms with Crippen LogP contribution in [0.4, 0.5) is 0 Å². The highest BCUT2D eigenvalue weighted by atomic mass is 16.5. The number of hydrogen-bond acceptors (Lipinski definition) is 5. The Kier molecular flexibility index (Phi) is 5.73. The van der Waals surface area contributed by atoms with Crippen LogP contribution >= 0.6 is 0 Å². The Morgan fingerprint density at radius 1 is 1.39 bits per heavy atom. The third-order valence-corrected chi connectivity index (χ3v) is 5.78. The maximum atomic E-state index is 13.4. The Hall–Kier alpha value is -2.25. The van der Waals surface area contributed by atoms with Crippen molar-refractivity contribution in [3.8, 4) is 0 Å². The standard InChI is InChI=1S/C21H28N4O3/c1-15-6-8-22-13-16(15)21(26)24-9-4-3-5-19(24)20-17-14-28-11-7-18(17)25(23-20)10-12-27-2/h6,8,13,19H,3-5,7,9-12,14H2,1-2H3. The van der Waals surface area contributed by atoms with Gasteiger partial charge in [0.1, 0.15) is 0 Å². The van der Waals surface area contributed by atoms with E-state index in [0.717, 1.165) is 55.6 Å². The fraction of sp³-hybridized carbons (Fsp3) is 0.571. The van der Waals surface area contributed by atoms with Crippen LogP contribution in [-0.4, -0.2) is 52.4 Å². The third-order valence-electron chi connectivity index (χ3n) is 5.78. The molecule has 2 aliphatic heterocycles. The van der Waals surface area contributed by atoms with Gasteiger partial charge >= 0.3 is 0 Å². The number of aryl methyl sites for hydroxylation is 1. The summed E-state index contributed by atoms with van der Waals surface area (Å²) < 4.78 is 13.1. The van der Waals surface area contributed by atoms with Gasteiger partial charge in [0, 0.05) is 43.7 Å². The highest BCUT2D eigenvalue weighted by molar-refractivity contribution is 5.95. The maximum absolute atomic E-state index is 13.4. The van der Waals surface area contributed by atoms with Gasteiger partial charge in [-0.25, -0.2) is 0 Å². The molecule has 150 valence electrons. The Bertz CT molecular complexity index is 848. The summed E-state index contributed by atoms with van der Waals surface area (Å²) >= 11 is 0. The van der Waals surface area contributed by atoms with Crippen LogP contribution in [0, 0.1) is 6.92 Å². The van der Waals surface area contributed by atoms with E-state index in [-0.39, 0.29) is 11.9 Å². The number of hydrogen-bond donors (Lipinski definition) is 0. The predicted octanol–water partition coefficient (Wildman–Crippen LogP) is 2.67. The maximum Gasteiger partial charge on any atom is 0.256 e. The van der Waals surface area contributed by atoms with Crippen LogP contribution in [0.1, 0.15) is 58.2 Å². The number of likely N-dealkylation sites (tertiary alicyclic amines) is 1. The molecule has 0 saturated carbocycles. The first-order valence-corrected chi connectivity index (χ1v) is 10.1. The number of methoxy groups -OCH3 is 1. The van der Waals surface area contributed by atoms with Gasteiger partial charge in [-0.15, -0.1) is 0 Å². The molecule has 0 aliphatic carbocycles. The molecular weight excluding hydrogens is 356 g/mol. The van der Waals surface area contributed by atoms with Crippen LogP contribution in [0.5, 0.6) is 0 Å². The summed E-state index contributed by atoms with van der Waals surface area (Å²) in [5.74, 6) is 0.0484. The summed E-state index contributed by atoms with van der Waals surface area (Å²) in [5, 5.41) is 4.95. The molecule has 28 heavy (non-hydrogen) atoms. The predicted molar refractivity (Wildman–Crippen MR) is 104 cm³/mol. The van der Waals surface area contributed by atoms with Gasteiger partial charge in [0.15, 0.2) is 0 Å². The van der Waals surface area contributed by atoms with Crippen LogP contribution in [0.3, 0.4) is 0 Å². The Balaban J connectivity index is 1.69. The highest BCUT2D eigenvalue weighted by Crippen LogP contribution is 2.36. The minimum atomic E-state index is -0.0138. The van der Waals surface area contributed by atoms with Gasteiger partial charge in [-0.2, -0.15) is 5.10 Å². The molecule has 7 nitrogen and oxygen atoms in total. The topological polar surface area (TPSA) is 69.5 Å². The minimum Gasteiger partial charge on any atom is -0.383 e. The average Bonchev–Trinajstić information content (AvgIpc) is 3.11. The van der Waals surface area contributed by atoms with Crippen molar-refractivity contribution in [2.24, 2.45) is 0 Å². The quantitative estimate of drug-likeness (QED) is 0.793. The number of piperidine rings is 1. The molecule has 0 aromatic carbocycles. The van der Waals surface area contributed by atoms with Gasteiger partial charge in [0.2, 0.25) is 0 Å². The summed E-state index contributed by atoms with van der Waals surface area (Å²) in [6, 6.07) is 1.88. The molecule has 0 N–H and O–H groups in total. The lowest BCUT2D eigenvalue weighted by molar-refractivity contribution is 0.0595. The monoisotopic (exact) mass is 384 g/mol. The van der Waals surface area contributed by atoms with Gasteiger partial charge in [-0.05, 0) is 37.8 Å². The molecule has 0 radical (unpaired) electrons. The van der Waals surface area contributed by atoms with Gasteiger partial charge in [-0.3, -0.25) is 14.5 Å². The van der Waals surface area contributed by atoms with Crippen molar-refractivity contribution in [2.45, 2.75) is 51.8 Å². The Morgan fingerprint density at radius 2 is 2.29 bits per heavy atom. The number of nitrogens with zero attached hydrogens (tertiary/aromatic N) is 4. The van der Waals surface area contributed by atoms with Crippen molar-refractivity contribution >= 4 is 5.91 Å². The number of fused-ring (bicyclic) bond motifs is 1. The molecule has 0 spiro atoms. The second-order valence-electron chi connectivity index (χ2n) is 7.53. The molecule has 1 amide bonds. The first kappa shape index (κ1) is 19.1. The van der Waals surface area contributed by atoms with Gasteiger partial charge in [-0.1, -0.05) is 0 Å². The highest BCUT2D eigenvalue weighted by Gasteiger charge is 2.35. The molecular formula is C21H28N4O3. The largest absolute Gasteiger partial charge is 0.383 e. The van der Waals surface area contributed by atoms with Crippen LogP contribution in [0.2, 0.25) is 0 Å². The second-order valence-corrected chi connectivity index (χ2v) is 7.53. The van der Waals surface area contributed by atoms with Gasteiger partial charge in [0.05, 0.1) is 43.7 Å². The Labute approximate surface area is 165 Å². The van der Waals surface area contributed by atoms with E-state index in [1.54, 1.807) is 19.5 Å². The smallest absolute Gasteiger partial charge is 0.256 e. The minimum absolute atomic E-state index is 0.0138. The van der Waals surface area contributed by atoms with E-state index in [9.17, 15) is 4.79 Å². The van der Waals surface area contributed by atoms with Crippen molar-refractivity contribution in [3.63, 3.8) is 0 Å². The third kappa shape index (κ3) is 3.56. The molecule has 2 aromatic rings. The van der Waals surface area contributed by atoms with E-state index in [2.05, 4.69) is 9.67 Å². The fourth-order valence-corrected chi connectivity index (χ4v) is 4.27. The summed E-state index contributed by atoms with van der Waals surface area (Å²) in [7, 11) is 1.71. The number of rotatable bonds is 5. The van der Waals surface area contributed by atoms with Crippen molar-refractivity contribution in [2.75, 3.05) is 26.9 Å². The molecule has 2 aromatic heterocycles. The number of carbonyl (C=O) groups excluding carboxylic acids is 1. The summed E-state index contributed by atoms with van der Waals surface area (Å²) in [5.41, 5.74) is 5.03. The zero-order valence-corrected chi connectivity index (χ0v) is 16.7. The molecule has 1 fully saturated rings. The molecule has 0 bridgehead atoms. The van der Waals surface area contributed by atoms with Gasteiger partial charge in [0.25, 0.3) is 5.91 Å². The first-order valence-electron chi connectivity index (χ1n) is 10.1. The molecule has 2 aliphatic rings. The lowest BCUT2D eigenvalue weighted by atomic mass is 9.94. The number of amides is 1. The van der Waals surface area contributed by atoms with Crippen molar-refractivity contribution in [1.82, 2.24) is 19.7 Å². The van der Waals surface area contributed by atoms with Crippen LogP contribution in [-0.2, 0) is 29.0 Å². The SMILES string of the molecule is COCCn1nc(C2CCCCN2C(=O)c2cnccc2C)c2c1CCOC2. The zero-order valence-electron chi connectivity index (χ0n) is 16.7. The van der Waals surface area contributed by atoms with E-state index >= 15 is 0 Å². The molecule has 7 heteroatoms. The lowest BCUT2D eigenvalue weighted by Gasteiger charge is -2.35. The molecule has 1 unspecified atom stereocenters. The van der Waals surface area contributed by atoms with E-state index in [1.807, 2.05) is 17.9 Å². The lowest BCUT2D eigenvalue weighted by Crippen LogP contribution is -2.39.